The molecule has 27 heavy (non-hydrogen) atoms. The van der Waals surface area contributed by atoms with Gasteiger partial charge in [0.1, 0.15) is 6.54 Å². The van der Waals surface area contributed by atoms with Crippen molar-refractivity contribution >= 4 is 22.9 Å². The summed E-state index contributed by atoms with van der Waals surface area (Å²) in [5.41, 5.74) is 4.54. The monoisotopic (exact) mass is 362 g/mol. The molecule has 4 heteroatoms. The van der Waals surface area contributed by atoms with E-state index in [1.54, 1.807) is 0 Å². The van der Waals surface area contributed by atoms with E-state index in [0.29, 0.717) is 0 Å². The molecule has 0 spiro atoms. The minimum atomic E-state index is -0.794. The molecule has 0 bridgehead atoms. The first kappa shape index (κ1) is 17.7. The minimum absolute atomic E-state index is 0.176. The molecule has 4 rings (SSSR count). The number of anilines is 2. The number of benzene rings is 2. The summed E-state index contributed by atoms with van der Waals surface area (Å²) < 4.78 is 6.03. The maximum absolute atomic E-state index is 12.3. The van der Waals surface area contributed by atoms with E-state index < -0.39 is 5.72 Å². The quantitative estimate of drug-likeness (QED) is 0.766. The smallest absolute Gasteiger partial charge is 0.328 e. The summed E-state index contributed by atoms with van der Waals surface area (Å²) >= 11 is 0. The molecule has 1 atom stereocenters. The molecule has 2 aliphatic heterocycles. The number of carbonyl (C=O) groups excluding carboxylic acids is 1. The average Bonchev–Trinajstić information content (AvgIpc) is 3.06. The highest BCUT2D eigenvalue weighted by Crippen LogP contribution is 2.55. The highest BCUT2D eigenvalue weighted by atomic mass is 16.6. The van der Waals surface area contributed by atoms with Crippen LogP contribution in [0.3, 0.4) is 0 Å². The van der Waals surface area contributed by atoms with Crippen LogP contribution in [0, 0.1) is 0 Å². The first-order valence-electron chi connectivity index (χ1n) is 9.32. The van der Waals surface area contributed by atoms with Crippen LogP contribution in [0.2, 0.25) is 0 Å². The van der Waals surface area contributed by atoms with Crippen molar-refractivity contribution < 1.29 is 9.53 Å². The third-order valence-electron chi connectivity index (χ3n) is 5.97. The number of nitrogens with zero attached hydrogens (tertiary/aromatic N) is 2. The lowest BCUT2D eigenvalue weighted by Crippen LogP contribution is -2.51. The number of fused-ring (bicyclic) bond motifs is 3. The van der Waals surface area contributed by atoms with Crippen LogP contribution in [0.4, 0.5) is 11.4 Å². The van der Waals surface area contributed by atoms with Crippen LogP contribution in [0.5, 0.6) is 0 Å². The number of para-hydroxylation sites is 1. The van der Waals surface area contributed by atoms with Gasteiger partial charge in [0.15, 0.2) is 0 Å². The second-order valence-electron chi connectivity index (χ2n) is 8.17. The van der Waals surface area contributed by atoms with Crippen LogP contribution in [0.15, 0.2) is 54.6 Å². The number of carbonyl (C=O) groups is 1. The van der Waals surface area contributed by atoms with Gasteiger partial charge in [-0.1, -0.05) is 30.3 Å². The summed E-state index contributed by atoms with van der Waals surface area (Å²) in [6.45, 7) is 6.68. The molecule has 4 nitrogen and oxygen atoms in total. The van der Waals surface area contributed by atoms with Crippen LogP contribution in [-0.4, -0.2) is 32.3 Å². The van der Waals surface area contributed by atoms with Crippen LogP contribution in [0.25, 0.3) is 5.57 Å². The molecular weight excluding hydrogens is 336 g/mol. The average molecular weight is 362 g/mol. The van der Waals surface area contributed by atoms with E-state index in [0.717, 1.165) is 22.5 Å². The zero-order valence-corrected chi connectivity index (χ0v) is 16.6. The van der Waals surface area contributed by atoms with Crippen LogP contribution in [-0.2, 0) is 14.9 Å². The van der Waals surface area contributed by atoms with Gasteiger partial charge in [-0.15, -0.1) is 0 Å². The van der Waals surface area contributed by atoms with E-state index in [4.69, 9.17) is 4.74 Å². The summed E-state index contributed by atoms with van der Waals surface area (Å²) in [5, 5.41) is 0. The topological polar surface area (TPSA) is 32.8 Å². The van der Waals surface area contributed by atoms with Gasteiger partial charge in [-0.05, 0) is 61.7 Å². The lowest BCUT2D eigenvalue weighted by atomic mass is 9.76. The molecule has 0 N–H and O–H groups in total. The Labute approximate surface area is 161 Å². The molecule has 140 valence electrons. The normalized spacial score (nSPS) is 23.1. The number of rotatable bonds is 3. The second kappa shape index (κ2) is 5.88. The van der Waals surface area contributed by atoms with E-state index in [1.807, 2.05) is 20.2 Å². The van der Waals surface area contributed by atoms with Crippen LogP contribution in [0.1, 0.15) is 31.9 Å². The fraction of sp³-hybridized carbons (Fsp3) is 0.348. The van der Waals surface area contributed by atoms with E-state index >= 15 is 0 Å². The van der Waals surface area contributed by atoms with Gasteiger partial charge >= 0.3 is 5.97 Å². The maximum Gasteiger partial charge on any atom is 0.328 e. The SMILES string of the molecule is C/C(=C\C12OC(=O)CN1c1ccccc1C2(C)C)c1ccc(N(C)C)cc1. The van der Waals surface area contributed by atoms with E-state index in [-0.39, 0.29) is 17.9 Å². The lowest BCUT2D eigenvalue weighted by molar-refractivity contribution is -0.147. The molecule has 0 aromatic heterocycles. The fourth-order valence-corrected chi connectivity index (χ4v) is 4.35. The van der Waals surface area contributed by atoms with Gasteiger partial charge in [0.05, 0.1) is 5.41 Å². The van der Waals surface area contributed by atoms with E-state index in [1.165, 1.54) is 5.56 Å². The number of hydrogen-bond donors (Lipinski definition) is 0. The van der Waals surface area contributed by atoms with Gasteiger partial charge in [0.25, 0.3) is 0 Å². The Morgan fingerprint density at radius 3 is 2.44 bits per heavy atom. The van der Waals surface area contributed by atoms with Gasteiger partial charge in [-0.3, -0.25) is 4.79 Å². The van der Waals surface area contributed by atoms with Crippen molar-refractivity contribution in [3.8, 4) is 0 Å². The summed E-state index contributed by atoms with van der Waals surface area (Å²) in [5.74, 6) is -0.176. The van der Waals surface area contributed by atoms with Crippen molar-refractivity contribution in [3.63, 3.8) is 0 Å². The molecule has 0 saturated carbocycles. The van der Waals surface area contributed by atoms with Crippen molar-refractivity contribution in [1.29, 1.82) is 0 Å². The molecule has 1 saturated heterocycles. The van der Waals surface area contributed by atoms with Gasteiger partial charge in [0, 0.05) is 25.5 Å². The number of ether oxygens (including phenoxy) is 1. The first-order chi connectivity index (χ1) is 12.8. The zero-order valence-electron chi connectivity index (χ0n) is 16.6. The fourth-order valence-electron chi connectivity index (χ4n) is 4.35. The maximum atomic E-state index is 12.3. The standard InChI is InChI=1S/C23H26N2O2/c1-16(17-10-12-18(13-11-17)24(4)5)14-23-22(2,3)19-8-6-7-9-20(19)25(23)15-21(26)27-23/h6-14H,15H2,1-5H3/b16-14+. The Balaban J connectivity index is 1.81. The Morgan fingerprint density at radius 2 is 1.78 bits per heavy atom. The van der Waals surface area contributed by atoms with E-state index in [2.05, 4.69) is 79.1 Å². The molecule has 0 amide bonds. The van der Waals surface area contributed by atoms with Gasteiger partial charge in [-0.25, -0.2) is 0 Å². The summed E-state index contributed by atoms with van der Waals surface area (Å²) in [6.07, 6.45) is 2.13. The molecule has 2 aromatic carbocycles. The third-order valence-corrected chi connectivity index (χ3v) is 5.97. The van der Waals surface area contributed by atoms with Gasteiger partial charge < -0.3 is 14.5 Å². The Bertz CT molecular complexity index is 928. The Morgan fingerprint density at radius 1 is 1.11 bits per heavy atom. The lowest BCUT2D eigenvalue weighted by Gasteiger charge is -2.39. The predicted molar refractivity (Wildman–Crippen MR) is 110 cm³/mol. The first-order valence-corrected chi connectivity index (χ1v) is 9.32. The third kappa shape index (κ3) is 2.47. The zero-order chi connectivity index (χ0) is 19.4. The largest absolute Gasteiger partial charge is 0.433 e. The molecular formula is C23H26N2O2. The van der Waals surface area contributed by atoms with Crippen molar-refractivity contribution in [2.75, 3.05) is 30.4 Å². The van der Waals surface area contributed by atoms with Crippen molar-refractivity contribution in [2.24, 2.45) is 0 Å². The molecule has 1 unspecified atom stereocenters. The predicted octanol–water partition coefficient (Wildman–Crippen LogP) is 4.21. The van der Waals surface area contributed by atoms with Crippen molar-refractivity contribution in [2.45, 2.75) is 31.9 Å². The molecule has 2 heterocycles. The summed E-state index contributed by atoms with van der Waals surface area (Å²) in [7, 11) is 4.07. The molecule has 2 aromatic rings. The molecule has 0 aliphatic carbocycles. The number of allylic oxidation sites excluding steroid dienone is 1. The van der Waals surface area contributed by atoms with E-state index in [9.17, 15) is 4.79 Å². The summed E-state index contributed by atoms with van der Waals surface area (Å²) in [6, 6.07) is 16.7. The number of hydrogen-bond acceptors (Lipinski definition) is 4. The minimum Gasteiger partial charge on any atom is -0.433 e. The Kier molecular flexibility index (Phi) is 3.84. The van der Waals surface area contributed by atoms with Crippen LogP contribution < -0.4 is 9.80 Å². The molecule has 2 aliphatic rings. The van der Waals surface area contributed by atoms with Gasteiger partial charge in [0.2, 0.25) is 5.72 Å². The highest BCUT2D eigenvalue weighted by molar-refractivity contribution is 5.87. The van der Waals surface area contributed by atoms with Crippen molar-refractivity contribution in [3.05, 3.63) is 65.7 Å². The highest BCUT2D eigenvalue weighted by Gasteiger charge is 2.62. The molecule has 0 radical (unpaired) electrons. The Hall–Kier alpha value is -2.75. The second-order valence-corrected chi connectivity index (χ2v) is 8.17. The van der Waals surface area contributed by atoms with Gasteiger partial charge in [-0.2, -0.15) is 0 Å². The number of esters is 1. The molecule has 1 fully saturated rings. The van der Waals surface area contributed by atoms with Crippen LogP contribution >= 0.6 is 0 Å². The van der Waals surface area contributed by atoms with Crippen molar-refractivity contribution in [1.82, 2.24) is 0 Å². The summed E-state index contributed by atoms with van der Waals surface area (Å²) in [4.78, 5) is 16.5.